The molecule has 0 aliphatic heterocycles. The van der Waals surface area contributed by atoms with Crippen molar-refractivity contribution in [3.05, 3.63) is 42.2 Å². The summed E-state index contributed by atoms with van der Waals surface area (Å²) in [6.45, 7) is 9.05. The Hall–Kier alpha value is -3.88. The van der Waals surface area contributed by atoms with E-state index < -0.39 is 11.7 Å². The Morgan fingerprint density at radius 3 is 2.66 bits per heavy atom. The van der Waals surface area contributed by atoms with Gasteiger partial charge in [0.15, 0.2) is 5.82 Å². The van der Waals surface area contributed by atoms with Crippen molar-refractivity contribution in [2.24, 2.45) is 7.05 Å². The topological polar surface area (TPSA) is 105 Å². The van der Waals surface area contributed by atoms with Crippen molar-refractivity contribution in [2.75, 3.05) is 11.9 Å². The summed E-state index contributed by atoms with van der Waals surface area (Å²) >= 11 is 0. The minimum Gasteiger partial charge on any atom is -0.443 e. The van der Waals surface area contributed by atoms with E-state index in [2.05, 4.69) is 21.4 Å². The van der Waals surface area contributed by atoms with Gasteiger partial charge in [-0.15, -0.1) is 0 Å². The standard InChI is InChI=1S/C26H32N6O3/c1-8-19(28-15(2)33)16-10-9-11-17(12-16)20-13-18-22-21(27-14-31(22)6)24(30-23(18)29-20)32(7)25(34)35-26(3,4)5/h9-14,19H,8H2,1-7H3,(H,28,33)(H,29,30). The number of nitrogens with one attached hydrogen (secondary N) is 2. The van der Waals surface area contributed by atoms with Gasteiger partial charge in [-0.3, -0.25) is 9.69 Å². The SMILES string of the molecule is CCC(NC(C)=O)c1cccc(-c2cc3c(nc(N(C)C(=O)OC(C)(C)C)c4ncn(C)c43)[nH]2)c1. The van der Waals surface area contributed by atoms with Crippen LogP contribution in [-0.4, -0.2) is 44.2 Å². The van der Waals surface area contributed by atoms with Gasteiger partial charge in [0, 0.05) is 32.1 Å². The zero-order valence-electron chi connectivity index (χ0n) is 21.3. The molecule has 0 saturated carbocycles. The van der Waals surface area contributed by atoms with Gasteiger partial charge in [0.05, 0.1) is 17.9 Å². The second kappa shape index (κ2) is 9.05. The molecule has 9 nitrogen and oxygen atoms in total. The first-order valence-corrected chi connectivity index (χ1v) is 11.7. The molecule has 1 atom stereocenters. The van der Waals surface area contributed by atoms with Crippen LogP contribution in [0.25, 0.3) is 33.3 Å². The van der Waals surface area contributed by atoms with Crippen LogP contribution in [0.1, 0.15) is 52.6 Å². The molecule has 35 heavy (non-hydrogen) atoms. The van der Waals surface area contributed by atoms with Crippen LogP contribution in [0.4, 0.5) is 10.6 Å². The van der Waals surface area contributed by atoms with Gasteiger partial charge in [0.2, 0.25) is 5.91 Å². The highest BCUT2D eigenvalue weighted by atomic mass is 16.6. The molecule has 0 aliphatic carbocycles. The number of ether oxygens (including phenoxy) is 1. The van der Waals surface area contributed by atoms with E-state index in [-0.39, 0.29) is 11.9 Å². The predicted octanol–water partition coefficient (Wildman–Crippen LogP) is 5.08. The monoisotopic (exact) mass is 476 g/mol. The van der Waals surface area contributed by atoms with Gasteiger partial charge in [0.1, 0.15) is 16.8 Å². The van der Waals surface area contributed by atoms with E-state index in [0.717, 1.165) is 34.1 Å². The number of imidazole rings is 1. The Labute approximate surface area is 204 Å². The van der Waals surface area contributed by atoms with Crippen LogP contribution < -0.4 is 10.2 Å². The summed E-state index contributed by atoms with van der Waals surface area (Å²) in [7, 11) is 3.55. The molecule has 0 fully saturated rings. The first kappa shape index (κ1) is 24.3. The molecular weight excluding hydrogens is 444 g/mol. The molecule has 0 bridgehead atoms. The lowest BCUT2D eigenvalue weighted by Crippen LogP contribution is -2.34. The number of nitrogens with zero attached hydrogens (tertiary/aromatic N) is 4. The van der Waals surface area contributed by atoms with Crippen molar-refractivity contribution in [2.45, 2.75) is 52.7 Å². The molecule has 0 radical (unpaired) electrons. The summed E-state index contributed by atoms with van der Waals surface area (Å²) in [4.78, 5) is 38.5. The van der Waals surface area contributed by atoms with Gasteiger partial charge in [-0.2, -0.15) is 0 Å². The number of pyridine rings is 1. The molecule has 0 aliphatic rings. The first-order valence-electron chi connectivity index (χ1n) is 11.7. The largest absolute Gasteiger partial charge is 0.443 e. The van der Waals surface area contributed by atoms with Gasteiger partial charge in [0.25, 0.3) is 0 Å². The number of hydrogen-bond donors (Lipinski definition) is 2. The number of H-pyrrole nitrogens is 1. The maximum Gasteiger partial charge on any atom is 0.415 e. The number of fused-ring (bicyclic) bond motifs is 3. The maximum absolute atomic E-state index is 12.8. The average molecular weight is 477 g/mol. The highest BCUT2D eigenvalue weighted by Gasteiger charge is 2.25. The van der Waals surface area contributed by atoms with Crippen LogP contribution in [0.3, 0.4) is 0 Å². The van der Waals surface area contributed by atoms with E-state index in [1.54, 1.807) is 13.4 Å². The van der Waals surface area contributed by atoms with Crippen molar-refractivity contribution < 1.29 is 14.3 Å². The number of carbonyl (C=O) groups is 2. The number of benzene rings is 1. The van der Waals surface area contributed by atoms with Gasteiger partial charge in [-0.1, -0.05) is 25.1 Å². The minimum absolute atomic E-state index is 0.0581. The Bertz CT molecular complexity index is 1410. The van der Waals surface area contributed by atoms with Crippen molar-refractivity contribution in [1.29, 1.82) is 0 Å². The van der Waals surface area contributed by atoms with E-state index in [1.165, 1.54) is 11.8 Å². The van der Waals surface area contributed by atoms with Crippen molar-refractivity contribution in [3.8, 4) is 11.3 Å². The molecule has 3 aromatic heterocycles. The fourth-order valence-corrected chi connectivity index (χ4v) is 4.18. The van der Waals surface area contributed by atoms with E-state index in [0.29, 0.717) is 17.0 Å². The molecule has 184 valence electrons. The summed E-state index contributed by atoms with van der Waals surface area (Å²) in [6.07, 6.45) is 2.00. The third-order valence-corrected chi connectivity index (χ3v) is 5.79. The fraction of sp³-hybridized carbons (Fsp3) is 0.385. The Morgan fingerprint density at radius 2 is 2.00 bits per heavy atom. The fourth-order valence-electron chi connectivity index (χ4n) is 4.18. The highest BCUT2D eigenvalue weighted by molar-refractivity contribution is 6.09. The van der Waals surface area contributed by atoms with E-state index in [1.807, 2.05) is 63.6 Å². The van der Waals surface area contributed by atoms with Gasteiger partial charge >= 0.3 is 6.09 Å². The zero-order valence-corrected chi connectivity index (χ0v) is 21.3. The van der Waals surface area contributed by atoms with Crippen LogP contribution in [0, 0.1) is 0 Å². The second-order valence-electron chi connectivity index (χ2n) is 9.76. The molecule has 3 heterocycles. The Kier molecular flexibility index (Phi) is 6.27. The predicted molar refractivity (Wildman–Crippen MR) is 137 cm³/mol. The van der Waals surface area contributed by atoms with E-state index in [9.17, 15) is 9.59 Å². The molecule has 1 unspecified atom stereocenters. The molecule has 1 aromatic carbocycles. The van der Waals surface area contributed by atoms with Crippen LogP contribution in [0.15, 0.2) is 36.7 Å². The quantitative estimate of drug-likeness (QED) is 0.418. The Morgan fingerprint density at radius 1 is 1.26 bits per heavy atom. The number of rotatable bonds is 5. The number of anilines is 1. The molecule has 0 spiro atoms. The summed E-state index contributed by atoms with van der Waals surface area (Å²) in [5, 5.41) is 3.90. The lowest BCUT2D eigenvalue weighted by atomic mass is 10.0. The summed E-state index contributed by atoms with van der Waals surface area (Å²) in [6, 6.07) is 10.1. The molecule has 4 rings (SSSR count). The lowest BCUT2D eigenvalue weighted by Gasteiger charge is -2.24. The smallest absolute Gasteiger partial charge is 0.415 e. The average Bonchev–Trinajstić information content (AvgIpc) is 3.38. The molecule has 4 aromatic rings. The van der Waals surface area contributed by atoms with Crippen molar-refractivity contribution in [1.82, 2.24) is 24.8 Å². The van der Waals surface area contributed by atoms with Crippen LogP contribution in [-0.2, 0) is 16.6 Å². The van der Waals surface area contributed by atoms with Gasteiger partial charge in [-0.25, -0.2) is 14.8 Å². The second-order valence-corrected chi connectivity index (χ2v) is 9.76. The van der Waals surface area contributed by atoms with Crippen LogP contribution in [0.2, 0.25) is 0 Å². The van der Waals surface area contributed by atoms with Crippen molar-refractivity contribution in [3.63, 3.8) is 0 Å². The number of amides is 2. The Balaban J connectivity index is 1.81. The van der Waals surface area contributed by atoms with E-state index in [4.69, 9.17) is 9.72 Å². The third kappa shape index (κ3) is 4.84. The molecule has 0 saturated heterocycles. The van der Waals surface area contributed by atoms with Crippen LogP contribution >= 0.6 is 0 Å². The van der Waals surface area contributed by atoms with Gasteiger partial charge < -0.3 is 19.6 Å². The number of aromatic amines is 1. The molecular formula is C26H32N6O3. The minimum atomic E-state index is -0.628. The number of carbonyl (C=O) groups excluding carboxylic acids is 2. The van der Waals surface area contributed by atoms with Gasteiger partial charge in [-0.05, 0) is 50.5 Å². The summed E-state index contributed by atoms with van der Waals surface area (Å²) in [5.41, 5.74) is 4.38. The first-order chi connectivity index (χ1) is 16.5. The maximum atomic E-state index is 12.8. The number of aromatic nitrogens is 4. The van der Waals surface area contributed by atoms with Crippen molar-refractivity contribution >= 4 is 39.9 Å². The number of aryl methyl sites for hydroxylation is 1. The number of hydrogen-bond acceptors (Lipinski definition) is 5. The zero-order chi connectivity index (χ0) is 25.5. The lowest BCUT2D eigenvalue weighted by molar-refractivity contribution is -0.119. The molecule has 2 N–H and O–H groups in total. The normalized spacial score (nSPS) is 12.7. The third-order valence-electron chi connectivity index (χ3n) is 5.79. The van der Waals surface area contributed by atoms with E-state index >= 15 is 0 Å². The summed E-state index contributed by atoms with van der Waals surface area (Å²) < 4.78 is 7.46. The molecule has 2 amide bonds. The highest BCUT2D eigenvalue weighted by Crippen LogP contribution is 2.34. The van der Waals surface area contributed by atoms with Crippen LogP contribution in [0.5, 0.6) is 0 Å². The molecule has 9 heteroatoms. The summed E-state index contributed by atoms with van der Waals surface area (Å²) in [5.74, 6) is 0.360.